The highest BCUT2D eigenvalue weighted by molar-refractivity contribution is 7.98. The van der Waals surface area contributed by atoms with E-state index in [-0.39, 0.29) is 0 Å². The molecule has 0 rings (SSSR count). The fraction of sp³-hybridized carbons (Fsp3) is 1.00. The van der Waals surface area contributed by atoms with Crippen LogP contribution in [0.2, 0.25) is 0 Å². The van der Waals surface area contributed by atoms with E-state index in [0.29, 0.717) is 5.41 Å². The van der Waals surface area contributed by atoms with Crippen LogP contribution in [0.4, 0.5) is 0 Å². The highest BCUT2D eigenvalue weighted by Gasteiger charge is 2.19. The lowest BCUT2D eigenvalue weighted by Gasteiger charge is -2.23. The normalized spacial score (nSPS) is 12.0. The van der Waals surface area contributed by atoms with Gasteiger partial charge in [0, 0.05) is 0 Å². The molecule has 0 aromatic rings. The van der Waals surface area contributed by atoms with Crippen molar-refractivity contribution in [3.63, 3.8) is 0 Å². The van der Waals surface area contributed by atoms with E-state index in [1.54, 1.807) is 0 Å². The molecule has 0 amide bonds. The lowest BCUT2D eigenvalue weighted by Crippen LogP contribution is -2.23. The summed E-state index contributed by atoms with van der Waals surface area (Å²) in [5.41, 5.74) is 0.325. The first-order valence-electron chi connectivity index (χ1n) is 2.89. The average molecular weight is 182 g/mol. The second-order valence-electron chi connectivity index (χ2n) is 2.56. The third-order valence-corrected chi connectivity index (χ3v) is 3.77. The van der Waals surface area contributed by atoms with Crippen LogP contribution < -0.4 is 0 Å². The predicted molar refractivity (Wildman–Crippen MR) is 54.2 cm³/mol. The number of hydrogen-bond acceptors (Lipinski definition) is 3. The Labute approximate surface area is 73.0 Å². The van der Waals surface area contributed by atoms with Gasteiger partial charge in [-0.3, -0.25) is 0 Å². The molecule has 0 spiro atoms. The molecule has 0 atom stereocenters. The fourth-order valence-corrected chi connectivity index (χ4v) is 2.32. The van der Waals surface area contributed by atoms with Gasteiger partial charge in [0.05, 0.1) is 0 Å². The van der Waals surface area contributed by atoms with Crippen molar-refractivity contribution >= 4 is 37.0 Å². The van der Waals surface area contributed by atoms with Gasteiger partial charge in [-0.15, -0.1) is 0 Å². The zero-order chi connectivity index (χ0) is 7.33. The molecule has 0 aromatic carbocycles. The second-order valence-corrected chi connectivity index (χ2v) is 4.06. The maximum absolute atomic E-state index is 4.25. The highest BCUT2D eigenvalue weighted by atomic mass is 32.2. The van der Waals surface area contributed by atoms with Crippen molar-refractivity contribution in [3.05, 3.63) is 0 Å². The van der Waals surface area contributed by atoms with E-state index in [2.05, 4.69) is 38.4 Å². The van der Waals surface area contributed by atoms with Gasteiger partial charge in [0.1, 0.15) is 0 Å². The average Bonchev–Trinajstić information content (AvgIpc) is 1.89. The minimum atomic E-state index is 0.325. The van der Waals surface area contributed by atoms with Gasteiger partial charge in [0.2, 0.25) is 0 Å². The molecule has 0 nitrogen and oxygen atoms in total. The zero-order valence-electron chi connectivity index (χ0n) is 5.92. The summed E-state index contributed by atoms with van der Waals surface area (Å²) in [7, 11) is 0. The maximum Gasteiger partial charge on any atom is -0.0000595 e. The maximum atomic E-state index is 4.25. The quantitative estimate of drug-likeness (QED) is 0.629. The van der Waals surface area contributed by atoms with Crippen molar-refractivity contribution < 1.29 is 0 Å². The molecule has 0 fully saturated rings. The van der Waals surface area contributed by atoms with Gasteiger partial charge in [-0.2, -0.15) is 37.0 Å². The van der Waals surface area contributed by atoms with Crippen LogP contribution in [0.5, 0.6) is 0 Å². The Bertz CT molecular complexity index is 68.7. The Morgan fingerprint density at radius 1 is 1.33 bits per heavy atom. The molecule has 0 aliphatic rings. The van der Waals surface area contributed by atoms with E-state index in [1.165, 1.54) is 0 Å². The molecule has 56 valence electrons. The highest BCUT2D eigenvalue weighted by Crippen LogP contribution is 2.23. The first kappa shape index (κ1) is 10.0. The number of thiol groups is 2. The SMILES string of the molecule is CSCC(C)(CS)CS. The monoisotopic (exact) mass is 182 g/mol. The van der Waals surface area contributed by atoms with Crippen LogP contribution in [0.3, 0.4) is 0 Å². The lowest BCUT2D eigenvalue weighted by molar-refractivity contribution is 0.507. The van der Waals surface area contributed by atoms with Crippen LogP contribution in [0.1, 0.15) is 6.92 Å². The molecule has 3 heteroatoms. The smallest absolute Gasteiger partial charge is 0.0000595 e. The summed E-state index contributed by atoms with van der Waals surface area (Å²) in [5, 5.41) is 0. The van der Waals surface area contributed by atoms with Gasteiger partial charge in [0.15, 0.2) is 0 Å². The fourth-order valence-electron chi connectivity index (χ4n) is 0.490. The summed E-state index contributed by atoms with van der Waals surface area (Å²) in [4.78, 5) is 0. The Morgan fingerprint density at radius 2 is 1.78 bits per heavy atom. The summed E-state index contributed by atoms with van der Waals surface area (Å²) >= 11 is 10.4. The van der Waals surface area contributed by atoms with E-state index in [4.69, 9.17) is 0 Å². The first-order chi connectivity index (χ1) is 4.18. The topological polar surface area (TPSA) is 0 Å². The van der Waals surface area contributed by atoms with Crippen LogP contribution in [0.25, 0.3) is 0 Å². The van der Waals surface area contributed by atoms with E-state index in [9.17, 15) is 0 Å². The van der Waals surface area contributed by atoms with Gasteiger partial charge < -0.3 is 0 Å². The summed E-state index contributed by atoms with van der Waals surface area (Å²) in [6, 6.07) is 0. The molecule has 0 bridgehead atoms. The van der Waals surface area contributed by atoms with Crippen molar-refractivity contribution in [1.82, 2.24) is 0 Å². The van der Waals surface area contributed by atoms with Crippen molar-refractivity contribution in [2.75, 3.05) is 23.5 Å². The van der Waals surface area contributed by atoms with Gasteiger partial charge in [-0.1, -0.05) is 6.92 Å². The van der Waals surface area contributed by atoms with Crippen molar-refractivity contribution in [2.24, 2.45) is 5.41 Å². The summed E-state index contributed by atoms with van der Waals surface area (Å²) < 4.78 is 0. The van der Waals surface area contributed by atoms with Crippen LogP contribution in [0, 0.1) is 5.41 Å². The molecule has 0 aliphatic heterocycles. The van der Waals surface area contributed by atoms with Crippen LogP contribution in [-0.2, 0) is 0 Å². The van der Waals surface area contributed by atoms with Gasteiger partial charge in [0.25, 0.3) is 0 Å². The van der Waals surface area contributed by atoms with Crippen molar-refractivity contribution in [1.29, 1.82) is 0 Å². The largest absolute Gasteiger partial charge is 0.179 e. The minimum absolute atomic E-state index is 0.325. The Hall–Kier alpha value is 1.05. The van der Waals surface area contributed by atoms with E-state index in [1.807, 2.05) is 11.8 Å². The lowest BCUT2D eigenvalue weighted by atomic mass is 10.00. The number of rotatable bonds is 4. The van der Waals surface area contributed by atoms with Crippen LogP contribution >= 0.6 is 37.0 Å². The molecule has 0 saturated heterocycles. The Balaban J connectivity index is 3.62. The molecular formula is C6H14S3. The van der Waals surface area contributed by atoms with Gasteiger partial charge >= 0.3 is 0 Å². The minimum Gasteiger partial charge on any atom is -0.179 e. The van der Waals surface area contributed by atoms with Crippen molar-refractivity contribution in [2.45, 2.75) is 6.92 Å². The summed E-state index contributed by atoms with van der Waals surface area (Å²) in [6.07, 6.45) is 2.12. The number of thioether (sulfide) groups is 1. The summed E-state index contributed by atoms with van der Waals surface area (Å²) in [6.45, 7) is 2.21. The van der Waals surface area contributed by atoms with Crippen molar-refractivity contribution in [3.8, 4) is 0 Å². The standard InChI is InChI=1S/C6H14S3/c1-6(3-7,4-8)5-9-2/h7-8H,3-5H2,1-2H3. The van der Waals surface area contributed by atoms with Crippen LogP contribution in [0.15, 0.2) is 0 Å². The molecule has 0 aliphatic carbocycles. The van der Waals surface area contributed by atoms with Crippen LogP contribution in [-0.4, -0.2) is 23.5 Å². The Kier molecular flexibility index (Phi) is 5.36. The number of hydrogen-bond donors (Lipinski definition) is 2. The first-order valence-corrected chi connectivity index (χ1v) is 5.55. The molecule has 0 saturated carbocycles. The zero-order valence-corrected chi connectivity index (χ0v) is 8.53. The molecule has 0 radical (unpaired) electrons. The predicted octanol–water partition coefficient (Wildman–Crippen LogP) is 2.22. The molecular weight excluding hydrogens is 168 g/mol. The molecule has 0 N–H and O–H groups in total. The van der Waals surface area contributed by atoms with E-state index < -0.39 is 0 Å². The van der Waals surface area contributed by atoms with E-state index in [0.717, 1.165) is 17.3 Å². The van der Waals surface area contributed by atoms with Gasteiger partial charge in [-0.25, -0.2) is 0 Å². The molecule has 0 heterocycles. The van der Waals surface area contributed by atoms with E-state index >= 15 is 0 Å². The third kappa shape index (κ3) is 3.68. The van der Waals surface area contributed by atoms with Gasteiger partial charge in [-0.05, 0) is 28.9 Å². The third-order valence-electron chi connectivity index (χ3n) is 1.26. The molecule has 0 aromatic heterocycles. The molecule has 9 heavy (non-hydrogen) atoms. The summed E-state index contributed by atoms with van der Waals surface area (Å²) in [5.74, 6) is 3.01. The second kappa shape index (κ2) is 4.80. The Morgan fingerprint density at radius 3 is 1.89 bits per heavy atom. The molecule has 0 unspecified atom stereocenters.